The second-order valence-electron chi connectivity index (χ2n) is 6.59. The summed E-state index contributed by atoms with van der Waals surface area (Å²) in [6, 6.07) is 21.1. The molecule has 0 fully saturated rings. The number of nitrogens with one attached hydrogen (secondary N) is 1. The van der Waals surface area contributed by atoms with Gasteiger partial charge >= 0.3 is 0 Å². The predicted molar refractivity (Wildman–Crippen MR) is 112 cm³/mol. The molecular formula is C24H25NO3. The van der Waals surface area contributed by atoms with Gasteiger partial charge in [-0.25, -0.2) is 0 Å². The van der Waals surface area contributed by atoms with Crippen LogP contribution in [0.2, 0.25) is 0 Å². The summed E-state index contributed by atoms with van der Waals surface area (Å²) in [5, 5.41) is 2.94. The van der Waals surface area contributed by atoms with Crippen LogP contribution in [-0.2, 0) is 13.0 Å². The topological polar surface area (TPSA) is 47.6 Å². The number of rotatable bonds is 7. The van der Waals surface area contributed by atoms with Gasteiger partial charge < -0.3 is 14.8 Å². The molecule has 0 saturated carbocycles. The van der Waals surface area contributed by atoms with E-state index in [1.54, 1.807) is 19.2 Å². The average molecular weight is 375 g/mol. The fourth-order valence-electron chi connectivity index (χ4n) is 2.93. The molecule has 1 N–H and O–H groups in total. The van der Waals surface area contributed by atoms with Crippen molar-refractivity contribution in [2.45, 2.75) is 26.9 Å². The maximum atomic E-state index is 12.7. The number of amides is 1. The summed E-state index contributed by atoms with van der Waals surface area (Å²) >= 11 is 0. The summed E-state index contributed by atoms with van der Waals surface area (Å²) in [7, 11) is 1.61. The van der Waals surface area contributed by atoms with Gasteiger partial charge in [-0.3, -0.25) is 4.79 Å². The van der Waals surface area contributed by atoms with Crippen molar-refractivity contribution in [1.29, 1.82) is 0 Å². The lowest BCUT2D eigenvalue weighted by molar-refractivity contribution is 0.102. The summed E-state index contributed by atoms with van der Waals surface area (Å²) < 4.78 is 11.4. The third-order valence-electron chi connectivity index (χ3n) is 4.64. The number of benzene rings is 3. The molecule has 1 amide bonds. The van der Waals surface area contributed by atoms with Crippen molar-refractivity contribution in [2.75, 3.05) is 12.4 Å². The van der Waals surface area contributed by atoms with Gasteiger partial charge in [0.2, 0.25) is 0 Å². The van der Waals surface area contributed by atoms with Gasteiger partial charge in [0.25, 0.3) is 5.91 Å². The van der Waals surface area contributed by atoms with Crippen molar-refractivity contribution in [3.63, 3.8) is 0 Å². The highest BCUT2D eigenvalue weighted by Gasteiger charge is 2.12. The zero-order chi connectivity index (χ0) is 19.9. The lowest BCUT2D eigenvalue weighted by Crippen LogP contribution is -2.13. The van der Waals surface area contributed by atoms with Gasteiger partial charge in [0.05, 0.1) is 7.11 Å². The van der Waals surface area contributed by atoms with E-state index in [9.17, 15) is 4.79 Å². The molecule has 0 aromatic heterocycles. The second kappa shape index (κ2) is 9.09. The quantitative estimate of drug-likeness (QED) is 0.602. The van der Waals surface area contributed by atoms with Crippen molar-refractivity contribution in [1.82, 2.24) is 0 Å². The summed E-state index contributed by atoms with van der Waals surface area (Å²) in [6.07, 6.45) is 0.969. The van der Waals surface area contributed by atoms with Crippen molar-refractivity contribution >= 4 is 11.6 Å². The van der Waals surface area contributed by atoms with Crippen LogP contribution in [0, 0.1) is 6.92 Å². The number of anilines is 1. The lowest BCUT2D eigenvalue weighted by atomic mass is 10.1. The molecule has 3 rings (SSSR count). The molecule has 0 spiro atoms. The molecule has 0 atom stereocenters. The Bertz CT molecular complexity index is 948. The first-order valence-electron chi connectivity index (χ1n) is 9.36. The van der Waals surface area contributed by atoms with Gasteiger partial charge in [-0.1, -0.05) is 37.3 Å². The molecule has 3 aromatic carbocycles. The highest BCUT2D eigenvalue weighted by molar-refractivity contribution is 6.04. The number of carbonyl (C=O) groups excluding carboxylic acids is 1. The summed E-state index contributed by atoms with van der Waals surface area (Å²) in [5.74, 6) is 1.34. The largest absolute Gasteiger partial charge is 0.496 e. The molecule has 144 valence electrons. The maximum absolute atomic E-state index is 12.7. The van der Waals surface area contributed by atoms with Crippen LogP contribution in [0.3, 0.4) is 0 Å². The third-order valence-corrected chi connectivity index (χ3v) is 4.64. The van der Waals surface area contributed by atoms with E-state index in [0.29, 0.717) is 17.9 Å². The molecule has 0 aliphatic heterocycles. The maximum Gasteiger partial charge on any atom is 0.255 e. The molecule has 0 bridgehead atoms. The Morgan fingerprint density at radius 3 is 2.39 bits per heavy atom. The van der Waals surface area contributed by atoms with E-state index in [0.717, 1.165) is 29.0 Å². The Morgan fingerprint density at radius 1 is 0.964 bits per heavy atom. The summed E-state index contributed by atoms with van der Waals surface area (Å²) in [6.45, 7) is 4.42. The molecule has 3 aromatic rings. The molecule has 0 aliphatic carbocycles. The van der Waals surface area contributed by atoms with Crippen LogP contribution in [0.25, 0.3) is 0 Å². The molecule has 0 saturated heterocycles. The highest BCUT2D eigenvalue weighted by Crippen LogP contribution is 2.24. The predicted octanol–water partition coefficient (Wildman–Crippen LogP) is 5.40. The first-order valence-corrected chi connectivity index (χ1v) is 9.36. The van der Waals surface area contributed by atoms with Crippen molar-refractivity contribution in [3.8, 4) is 11.5 Å². The van der Waals surface area contributed by atoms with E-state index in [-0.39, 0.29) is 5.91 Å². The van der Waals surface area contributed by atoms with Crippen LogP contribution in [0.15, 0.2) is 66.7 Å². The number of methoxy groups -OCH3 is 1. The number of hydrogen-bond donors (Lipinski definition) is 1. The number of hydrogen-bond acceptors (Lipinski definition) is 3. The van der Waals surface area contributed by atoms with E-state index in [1.807, 2.05) is 61.5 Å². The monoisotopic (exact) mass is 375 g/mol. The van der Waals surface area contributed by atoms with Crippen LogP contribution in [0.4, 0.5) is 5.69 Å². The SMILES string of the molecule is CCc1ccc(NC(=O)c2ccc(OC)c(COc3ccccc3C)c2)cc1. The zero-order valence-electron chi connectivity index (χ0n) is 16.5. The summed E-state index contributed by atoms with van der Waals surface area (Å²) in [5.41, 5.74) is 4.45. The third kappa shape index (κ3) is 4.71. The van der Waals surface area contributed by atoms with E-state index >= 15 is 0 Å². The van der Waals surface area contributed by atoms with Gasteiger partial charge in [0.1, 0.15) is 18.1 Å². The number of ether oxygens (including phenoxy) is 2. The van der Waals surface area contributed by atoms with E-state index in [4.69, 9.17) is 9.47 Å². The van der Waals surface area contributed by atoms with Gasteiger partial charge in [0.15, 0.2) is 0 Å². The van der Waals surface area contributed by atoms with Gasteiger partial charge in [-0.15, -0.1) is 0 Å². The van der Waals surface area contributed by atoms with Gasteiger partial charge in [-0.05, 0) is 60.9 Å². The van der Waals surface area contributed by atoms with Crippen molar-refractivity contribution in [3.05, 3.63) is 89.0 Å². The fourth-order valence-corrected chi connectivity index (χ4v) is 2.93. The van der Waals surface area contributed by atoms with Gasteiger partial charge in [0, 0.05) is 16.8 Å². The number of para-hydroxylation sites is 1. The molecule has 0 heterocycles. The Hall–Kier alpha value is -3.27. The van der Waals surface area contributed by atoms with E-state index in [1.165, 1.54) is 5.56 Å². The van der Waals surface area contributed by atoms with Crippen LogP contribution in [0.5, 0.6) is 11.5 Å². The minimum absolute atomic E-state index is 0.163. The first kappa shape index (κ1) is 19.5. The number of aryl methyl sites for hydroxylation is 2. The molecule has 4 heteroatoms. The van der Waals surface area contributed by atoms with Crippen LogP contribution >= 0.6 is 0 Å². The molecule has 0 radical (unpaired) electrons. The molecule has 28 heavy (non-hydrogen) atoms. The standard InChI is InChI=1S/C24H25NO3/c1-4-18-9-12-21(13-10-18)25-24(26)19-11-14-23(27-3)20(15-19)16-28-22-8-6-5-7-17(22)2/h5-15H,4,16H2,1-3H3,(H,25,26). The second-order valence-corrected chi connectivity index (χ2v) is 6.59. The normalized spacial score (nSPS) is 10.4. The van der Waals surface area contributed by atoms with Crippen molar-refractivity contribution < 1.29 is 14.3 Å². The van der Waals surface area contributed by atoms with E-state index in [2.05, 4.69) is 12.2 Å². The minimum atomic E-state index is -0.163. The average Bonchev–Trinajstić information content (AvgIpc) is 2.73. The van der Waals surface area contributed by atoms with Gasteiger partial charge in [-0.2, -0.15) is 0 Å². The fraction of sp³-hybridized carbons (Fsp3) is 0.208. The van der Waals surface area contributed by atoms with Crippen molar-refractivity contribution in [2.24, 2.45) is 0 Å². The molecule has 0 unspecified atom stereocenters. The van der Waals surface area contributed by atoms with Crippen LogP contribution in [0.1, 0.15) is 34.0 Å². The van der Waals surface area contributed by atoms with E-state index < -0.39 is 0 Å². The lowest BCUT2D eigenvalue weighted by Gasteiger charge is -2.13. The molecule has 0 aliphatic rings. The van der Waals surface area contributed by atoms with Crippen LogP contribution < -0.4 is 14.8 Å². The Labute approximate surface area is 166 Å². The minimum Gasteiger partial charge on any atom is -0.496 e. The Morgan fingerprint density at radius 2 is 1.71 bits per heavy atom. The Kier molecular flexibility index (Phi) is 6.33. The molecular weight excluding hydrogens is 350 g/mol. The first-order chi connectivity index (χ1) is 13.6. The zero-order valence-corrected chi connectivity index (χ0v) is 16.5. The number of carbonyl (C=O) groups is 1. The van der Waals surface area contributed by atoms with Crippen LogP contribution in [-0.4, -0.2) is 13.0 Å². The smallest absolute Gasteiger partial charge is 0.255 e. The molecule has 4 nitrogen and oxygen atoms in total. The Balaban J connectivity index is 1.75. The summed E-state index contributed by atoms with van der Waals surface area (Å²) in [4.78, 5) is 12.7. The highest BCUT2D eigenvalue weighted by atomic mass is 16.5.